The Morgan fingerprint density at radius 1 is 0.810 bits per heavy atom. The number of aromatic nitrogens is 1. The van der Waals surface area contributed by atoms with Gasteiger partial charge in [-0.25, -0.2) is 13.8 Å². The molecule has 2 saturated heterocycles. The van der Waals surface area contributed by atoms with Crippen LogP contribution in [0.25, 0.3) is 22.6 Å². The molecule has 2 aliphatic carbocycles. The first kappa shape index (κ1) is 35.7. The SMILES string of the molecule is O=C1[C@@H]2C[C@@H]3C(=CC[C@@H]4C(=O)N(c5ccc(-c6nc7ccccc7o6)cc5)C(=O)[C@@H]43)[C@H](c3cccc(F)c3O)[C@]2(c2ccc(Cl)cc2)C(=O)N1Nc1ccc(F)cc1. The topological polar surface area (TPSA) is 133 Å². The second-order valence-electron chi connectivity index (χ2n) is 15.1. The van der Waals surface area contributed by atoms with Gasteiger partial charge in [0.05, 0.1) is 34.5 Å². The van der Waals surface area contributed by atoms with E-state index in [2.05, 4.69) is 10.4 Å². The average Bonchev–Trinajstić information content (AvgIpc) is 3.85. The van der Waals surface area contributed by atoms with Gasteiger partial charge in [0, 0.05) is 22.1 Å². The maximum atomic E-state index is 15.4. The minimum absolute atomic E-state index is 0.0299. The zero-order valence-electron chi connectivity index (χ0n) is 30.3. The van der Waals surface area contributed by atoms with Gasteiger partial charge in [-0.1, -0.05) is 59.6 Å². The van der Waals surface area contributed by atoms with E-state index in [1.54, 1.807) is 48.5 Å². The number of allylic oxidation sites excluding steroid dienone is 2. The number of amides is 4. The van der Waals surface area contributed by atoms with E-state index in [-0.39, 0.29) is 24.1 Å². The van der Waals surface area contributed by atoms with Crippen molar-refractivity contribution in [2.75, 3.05) is 10.3 Å². The molecule has 1 aromatic heterocycles. The molecule has 58 heavy (non-hydrogen) atoms. The van der Waals surface area contributed by atoms with Gasteiger partial charge in [-0.15, -0.1) is 0 Å². The monoisotopic (exact) mass is 796 g/mol. The molecular formula is C45H31ClF2N4O6. The van der Waals surface area contributed by atoms with Gasteiger partial charge in [-0.05, 0) is 103 Å². The fraction of sp³-hybridized carbons (Fsp3) is 0.178. The number of imide groups is 2. The van der Waals surface area contributed by atoms with Crippen LogP contribution < -0.4 is 10.3 Å². The van der Waals surface area contributed by atoms with Crippen molar-refractivity contribution < 1.29 is 37.5 Å². The molecule has 0 radical (unpaired) electrons. The molecule has 13 heteroatoms. The molecule has 10 rings (SSSR count). The molecule has 10 nitrogen and oxygen atoms in total. The molecule has 4 amide bonds. The van der Waals surface area contributed by atoms with Gasteiger partial charge < -0.3 is 9.52 Å². The van der Waals surface area contributed by atoms with Gasteiger partial charge >= 0.3 is 0 Å². The number of hydrazine groups is 1. The number of anilines is 2. The van der Waals surface area contributed by atoms with Crippen molar-refractivity contribution in [2.45, 2.75) is 24.2 Å². The van der Waals surface area contributed by atoms with E-state index in [0.717, 1.165) is 11.1 Å². The van der Waals surface area contributed by atoms with Crippen LogP contribution in [-0.4, -0.2) is 38.7 Å². The first-order valence-corrected chi connectivity index (χ1v) is 19.1. The molecule has 6 atom stereocenters. The van der Waals surface area contributed by atoms with Crippen LogP contribution in [0.5, 0.6) is 5.75 Å². The molecule has 3 fully saturated rings. The van der Waals surface area contributed by atoms with Gasteiger partial charge in [-0.3, -0.25) is 29.5 Å². The quantitative estimate of drug-likeness (QED) is 0.127. The second-order valence-corrected chi connectivity index (χ2v) is 15.5. The number of nitrogens with one attached hydrogen (secondary N) is 1. The Hall–Kier alpha value is -6.66. The molecule has 5 aromatic carbocycles. The number of carbonyl (C=O) groups excluding carboxylic acids is 4. The van der Waals surface area contributed by atoms with Crippen LogP contribution >= 0.6 is 11.6 Å². The molecule has 0 unspecified atom stereocenters. The van der Waals surface area contributed by atoms with Crippen LogP contribution in [0.2, 0.25) is 5.02 Å². The number of fused-ring (bicyclic) bond motifs is 5. The van der Waals surface area contributed by atoms with Crippen molar-refractivity contribution >= 4 is 57.7 Å². The van der Waals surface area contributed by atoms with Crippen LogP contribution in [0, 0.1) is 35.3 Å². The lowest BCUT2D eigenvalue weighted by atomic mass is 9.49. The second kappa shape index (κ2) is 13.2. The lowest BCUT2D eigenvalue weighted by Gasteiger charge is -2.50. The molecule has 2 aliphatic heterocycles. The van der Waals surface area contributed by atoms with Gasteiger partial charge in [0.15, 0.2) is 17.1 Å². The number of phenolic OH excluding ortho intramolecular Hbond substituents is 1. The average molecular weight is 797 g/mol. The maximum Gasteiger partial charge on any atom is 0.260 e. The van der Waals surface area contributed by atoms with Crippen LogP contribution in [-0.2, 0) is 24.6 Å². The molecule has 0 spiro atoms. The summed E-state index contributed by atoms with van der Waals surface area (Å²) in [5, 5.41) is 12.7. The number of hydrogen-bond acceptors (Lipinski definition) is 8. The van der Waals surface area contributed by atoms with Crippen LogP contribution in [0.1, 0.15) is 29.9 Å². The summed E-state index contributed by atoms with van der Waals surface area (Å²) < 4.78 is 35.2. The lowest BCUT2D eigenvalue weighted by Crippen LogP contribution is -2.53. The molecule has 288 valence electrons. The van der Waals surface area contributed by atoms with Crippen molar-refractivity contribution in [1.29, 1.82) is 0 Å². The standard InChI is InChI=1S/C45H31ClF2N4O6/c46-25-12-10-24(11-13-25)45-33(42(55)52(44(45)57)50-27-16-14-26(47)15-17-27)22-32-29(38(45)31-4-3-5-34(48)39(31)53)20-21-30-37(32)43(56)51(41(30)54)28-18-8-23(9-19-28)40-49-35-6-1-2-7-36(35)58-40/h1-20,30,32-33,37-38,50,53H,21-22H2/t30-,32+,33-,37-,38+,45+/m0/s1. The minimum atomic E-state index is -1.78. The van der Waals surface area contributed by atoms with Crippen LogP contribution in [0.3, 0.4) is 0 Å². The van der Waals surface area contributed by atoms with Gasteiger partial charge in [0.1, 0.15) is 11.3 Å². The fourth-order valence-electron chi connectivity index (χ4n) is 9.77. The predicted molar refractivity (Wildman–Crippen MR) is 209 cm³/mol. The molecule has 2 N–H and O–H groups in total. The zero-order valence-corrected chi connectivity index (χ0v) is 31.1. The smallest absolute Gasteiger partial charge is 0.260 e. The lowest BCUT2D eigenvalue weighted by molar-refractivity contribution is -0.138. The third-order valence-electron chi connectivity index (χ3n) is 12.3. The Balaban J connectivity index is 1.08. The van der Waals surface area contributed by atoms with Gasteiger partial charge in [-0.2, -0.15) is 5.01 Å². The normalized spacial score (nSPS) is 25.2. The Morgan fingerprint density at radius 2 is 1.55 bits per heavy atom. The van der Waals surface area contributed by atoms with Crippen molar-refractivity contribution in [1.82, 2.24) is 9.99 Å². The molecule has 1 saturated carbocycles. The summed E-state index contributed by atoms with van der Waals surface area (Å²) in [6.07, 6.45) is 1.90. The maximum absolute atomic E-state index is 15.4. The van der Waals surface area contributed by atoms with Crippen LogP contribution in [0.15, 0.2) is 131 Å². The van der Waals surface area contributed by atoms with Gasteiger partial charge in [0.2, 0.25) is 17.7 Å². The number of benzene rings is 5. The highest BCUT2D eigenvalue weighted by Crippen LogP contribution is 2.65. The Morgan fingerprint density at radius 3 is 2.29 bits per heavy atom. The zero-order chi connectivity index (χ0) is 40.0. The Labute approximate surface area is 334 Å². The van der Waals surface area contributed by atoms with E-state index in [9.17, 15) is 23.9 Å². The first-order valence-electron chi connectivity index (χ1n) is 18.7. The summed E-state index contributed by atoms with van der Waals surface area (Å²) in [5.74, 6) is -8.83. The van der Waals surface area contributed by atoms with Crippen molar-refractivity contribution in [3.63, 3.8) is 0 Å². The third kappa shape index (κ3) is 5.17. The van der Waals surface area contributed by atoms with E-state index in [4.69, 9.17) is 16.0 Å². The largest absolute Gasteiger partial charge is 0.505 e. The number of nitrogens with zero attached hydrogens (tertiary/aromatic N) is 3. The number of halogens is 3. The summed E-state index contributed by atoms with van der Waals surface area (Å²) in [6, 6.07) is 29.7. The summed E-state index contributed by atoms with van der Waals surface area (Å²) in [6.45, 7) is 0. The number of aromatic hydroxyl groups is 1. The number of oxazole rings is 1. The third-order valence-corrected chi connectivity index (χ3v) is 12.5. The van der Waals surface area contributed by atoms with E-state index in [0.29, 0.717) is 44.4 Å². The molecule has 6 aromatic rings. The van der Waals surface area contributed by atoms with E-state index in [1.807, 2.05) is 30.3 Å². The first-order chi connectivity index (χ1) is 28.1. The number of para-hydroxylation sites is 3. The highest BCUT2D eigenvalue weighted by Gasteiger charge is 2.70. The van der Waals surface area contributed by atoms with Crippen molar-refractivity contribution in [3.8, 4) is 17.2 Å². The molecule has 3 heterocycles. The molecule has 0 bridgehead atoms. The summed E-state index contributed by atoms with van der Waals surface area (Å²) in [7, 11) is 0. The summed E-state index contributed by atoms with van der Waals surface area (Å²) in [4.78, 5) is 64.7. The van der Waals surface area contributed by atoms with E-state index in [1.165, 1.54) is 41.3 Å². The minimum Gasteiger partial charge on any atom is -0.505 e. The Kier molecular flexibility index (Phi) is 8.13. The molecule has 4 aliphatic rings. The fourth-order valence-corrected chi connectivity index (χ4v) is 9.89. The predicted octanol–water partition coefficient (Wildman–Crippen LogP) is 8.32. The molecular weight excluding hydrogens is 766 g/mol. The van der Waals surface area contributed by atoms with E-state index >= 15 is 9.18 Å². The number of phenols is 1. The van der Waals surface area contributed by atoms with Crippen molar-refractivity contribution in [3.05, 3.63) is 155 Å². The highest BCUT2D eigenvalue weighted by molar-refractivity contribution is 6.30. The van der Waals surface area contributed by atoms with Gasteiger partial charge in [0.25, 0.3) is 11.8 Å². The summed E-state index contributed by atoms with van der Waals surface area (Å²) >= 11 is 6.34. The van der Waals surface area contributed by atoms with Crippen LogP contribution in [0.4, 0.5) is 20.2 Å². The van der Waals surface area contributed by atoms with Crippen molar-refractivity contribution in [2.24, 2.45) is 23.7 Å². The number of rotatable bonds is 6. The highest BCUT2D eigenvalue weighted by atomic mass is 35.5. The number of carbonyl (C=O) groups is 4. The Bertz CT molecular complexity index is 2700. The number of hydrogen-bond donors (Lipinski definition) is 2. The summed E-state index contributed by atoms with van der Waals surface area (Å²) in [5.41, 5.74) is 4.61. The van der Waals surface area contributed by atoms with E-state index < -0.39 is 76.0 Å².